The van der Waals surface area contributed by atoms with Crippen LogP contribution in [0.5, 0.6) is 0 Å². The van der Waals surface area contributed by atoms with E-state index in [1.165, 1.54) is 10.9 Å². The average Bonchev–Trinajstić information content (AvgIpc) is 2.19. The predicted octanol–water partition coefficient (Wildman–Crippen LogP) is 1.70. The van der Waals surface area contributed by atoms with Gasteiger partial charge in [0.25, 0.3) is 0 Å². The van der Waals surface area contributed by atoms with Crippen LogP contribution < -0.4 is 4.72 Å². The van der Waals surface area contributed by atoms with Crippen molar-refractivity contribution in [2.45, 2.75) is 19.8 Å². The summed E-state index contributed by atoms with van der Waals surface area (Å²) in [5.74, 6) is 0. The summed E-state index contributed by atoms with van der Waals surface area (Å²) in [5.41, 5.74) is 1.18. The van der Waals surface area contributed by atoms with E-state index in [1.807, 2.05) is 30.3 Å². The van der Waals surface area contributed by atoms with Gasteiger partial charge in [-0.3, -0.25) is 0 Å². The SMILES string of the molecule is CCNS(=O)(O)=CCCc1ccccc1. The second-order valence-electron chi connectivity index (χ2n) is 3.26. The zero-order chi connectivity index (χ0) is 11.1. The fraction of sp³-hybridized carbons (Fsp3) is 0.364. The van der Waals surface area contributed by atoms with Crippen LogP contribution in [0.1, 0.15) is 18.9 Å². The van der Waals surface area contributed by atoms with Crippen molar-refractivity contribution < 1.29 is 8.76 Å². The van der Waals surface area contributed by atoms with Crippen LogP contribution in [0.15, 0.2) is 30.3 Å². The Morgan fingerprint density at radius 1 is 1.40 bits per heavy atom. The molecule has 0 radical (unpaired) electrons. The van der Waals surface area contributed by atoms with Crippen molar-refractivity contribution in [3.8, 4) is 0 Å². The van der Waals surface area contributed by atoms with Crippen LogP contribution in [-0.4, -0.2) is 20.7 Å². The Balaban J connectivity index is 2.49. The lowest BCUT2D eigenvalue weighted by molar-refractivity contribution is 0.546. The molecule has 0 fully saturated rings. The molecule has 84 valence electrons. The molecule has 0 spiro atoms. The van der Waals surface area contributed by atoms with Crippen molar-refractivity contribution in [1.29, 1.82) is 0 Å². The molecule has 0 aliphatic carbocycles. The number of aryl methyl sites for hydroxylation is 1. The Bertz CT molecular complexity index is 394. The first-order chi connectivity index (χ1) is 7.14. The van der Waals surface area contributed by atoms with E-state index in [-0.39, 0.29) is 0 Å². The fourth-order valence-corrected chi connectivity index (χ4v) is 2.26. The molecule has 0 saturated carbocycles. The van der Waals surface area contributed by atoms with Crippen LogP contribution in [0.25, 0.3) is 0 Å². The molecule has 0 aliphatic rings. The normalized spacial score (nSPS) is 14.5. The smallest absolute Gasteiger partial charge is 0.141 e. The number of benzene rings is 1. The van der Waals surface area contributed by atoms with Crippen LogP contribution in [-0.2, 0) is 16.4 Å². The number of rotatable bonds is 5. The number of hydrogen-bond donors (Lipinski definition) is 2. The third-order valence-electron chi connectivity index (χ3n) is 1.97. The Kier molecular flexibility index (Phi) is 4.81. The summed E-state index contributed by atoms with van der Waals surface area (Å²) < 4.78 is 23.3. The highest BCUT2D eigenvalue weighted by atomic mass is 32.2. The summed E-state index contributed by atoms with van der Waals surface area (Å²) in [5, 5.41) is 1.45. The second kappa shape index (κ2) is 5.90. The van der Waals surface area contributed by atoms with Crippen molar-refractivity contribution in [2.75, 3.05) is 6.54 Å². The highest BCUT2D eigenvalue weighted by molar-refractivity contribution is 7.94. The first-order valence-corrected chi connectivity index (χ1v) is 6.60. The van der Waals surface area contributed by atoms with E-state index in [9.17, 15) is 8.76 Å². The molecule has 3 nitrogen and oxygen atoms in total. The van der Waals surface area contributed by atoms with Gasteiger partial charge in [-0.1, -0.05) is 37.3 Å². The Morgan fingerprint density at radius 3 is 2.67 bits per heavy atom. The molecule has 4 heteroatoms. The van der Waals surface area contributed by atoms with E-state index in [2.05, 4.69) is 4.72 Å². The molecular formula is C11H17NO2S. The summed E-state index contributed by atoms with van der Waals surface area (Å²) in [6.07, 6.45) is 1.40. The fourth-order valence-electron chi connectivity index (χ4n) is 1.30. The molecule has 0 heterocycles. The molecule has 1 aromatic rings. The molecule has 15 heavy (non-hydrogen) atoms. The van der Waals surface area contributed by atoms with E-state index >= 15 is 0 Å². The van der Waals surface area contributed by atoms with Crippen LogP contribution in [0, 0.1) is 0 Å². The van der Waals surface area contributed by atoms with Gasteiger partial charge >= 0.3 is 0 Å². The maximum Gasteiger partial charge on any atom is 0.141 e. The Labute approximate surface area is 91.5 Å². The molecule has 0 saturated heterocycles. The number of hydrogen-bond acceptors (Lipinski definition) is 1. The van der Waals surface area contributed by atoms with Crippen molar-refractivity contribution in [1.82, 2.24) is 4.72 Å². The monoisotopic (exact) mass is 227 g/mol. The average molecular weight is 227 g/mol. The van der Waals surface area contributed by atoms with Crippen molar-refractivity contribution in [3.63, 3.8) is 0 Å². The molecule has 0 amide bonds. The molecule has 2 N–H and O–H groups in total. The minimum atomic E-state index is -2.93. The summed E-state index contributed by atoms with van der Waals surface area (Å²) in [6.45, 7) is 2.30. The van der Waals surface area contributed by atoms with Gasteiger partial charge in [0.15, 0.2) is 0 Å². The lowest BCUT2D eigenvalue weighted by atomic mass is 10.1. The second-order valence-corrected chi connectivity index (χ2v) is 5.02. The Morgan fingerprint density at radius 2 is 2.07 bits per heavy atom. The molecule has 1 unspecified atom stereocenters. The first kappa shape index (κ1) is 12.2. The topological polar surface area (TPSA) is 49.3 Å². The molecular weight excluding hydrogens is 210 g/mol. The van der Waals surface area contributed by atoms with Gasteiger partial charge in [0, 0.05) is 11.9 Å². The Hall–Kier alpha value is -0.840. The summed E-state index contributed by atoms with van der Waals surface area (Å²) in [6, 6.07) is 9.92. The van der Waals surface area contributed by atoms with Gasteiger partial charge in [0.05, 0.1) is 0 Å². The molecule has 0 bridgehead atoms. The van der Waals surface area contributed by atoms with Gasteiger partial charge in [0.1, 0.15) is 9.99 Å². The minimum Gasteiger partial charge on any atom is -0.302 e. The summed E-state index contributed by atoms with van der Waals surface area (Å²) in [4.78, 5) is 0. The highest BCUT2D eigenvalue weighted by Gasteiger charge is 1.97. The minimum absolute atomic E-state index is 0.497. The molecule has 1 atom stereocenters. The van der Waals surface area contributed by atoms with Crippen LogP contribution in [0.4, 0.5) is 0 Å². The summed E-state index contributed by atoms with van der Waals surface area (Å²) in [7, 11) is -2.93. The quantitative estimate of drug-likeness (QED) is 0.752. The van der Waals surface area contributed by atoms with E-state index in [0.717, 1.165) is 6.42 Å². The van der Waals surface area contributed by atoms with Gasteiger partial charge in [-0.15, -0.1) is 0 Å². The third kappa shape index (κ3) is 4.97. The largest absolute Gasteiger partial charge is 0.302 e. The molecule has 1 aromatic carbocycles. The van der Waals surface area contributed by atoms with Crippen molar-refractivity contribution in [2.24, 2.45) is 0 Å². The van der Waals surface area contributed by atoms with Crippen molar-refractivity contribution >= 4 is 15.4 Å². The maximum atomic E-state index is 11.4. The van der Waals surface area contributed by atoms with Crippen molar-refractivity contribution in [3.05, 3.63) is 35.9 Å². The van der Waals surface area contributed by atoms with Gasteiger partial charge in [-0.05, 0) is 18.4 Å². The maximum absolute atomic E-state index is 11.4. The zero-order valence-electron chi connectivity index (χ0n) is 8.85. The standard InChI is InChI=1S/C11H17NO2S/c1-2-12-15(13,14)10-6-9-11-7-4-3-5-8-11/h3-5,7-8,10H,2,6,9H2,1H3,(H2,12,13,14). The van der Waals surface area contributed by atoms with Crippen LogP contribution >= 0.6 is 0 Å². The molecule has 0 aromatic heterocycles. The first-order valence-electron chi connectivity index (χ1n) is 5.02. The van der Waals surface area contributed by atoms with E-state index in [4.69, 9.17) is 0 Å². The van der Waals surface area contributed by atoms with Gasteiger partial charge in [-0.25, -0.2) is 8.93 Å². The zero-order valence-corrected chi connectivity index (χ0v) is 9.67. The lowest BCUT2D eigenvalue weighted by Gasteiger charge is -2.03. The predicted molar refractivity (Wildman–Crippen MR) is 65.3 cm³/mol. The summed E-state index contributed by atoms with van der Waals surface area (Å²) >= 11 is 0. The van der Waals surface area contributed by atoms with E-state index < -0.39 is 9.99 Å². The number of nitrogens with one attached hydrogen (secondary N) is 1. The van der Waals surface area contributed by atoms with Crippen LogP contribution in [0.3, 0.4) is 0 Å². The van der Waals surface area contributed by atoms with Gasteiger partial charge < -0.3 is 4.55 Å². The van der Waals surface area contributed by atoms with E-state index in [1.54, 1.807) is 6.92 Å². The van der Waals surface area contributed by atoms with Gasteiger partial charge in [0.2, 0.25) is 0 Å². The molecule has 1 rings (SSSR count). The van der Waals surface area contributed by atoms with Crippen LogP contribution in [0.2, 0.25) is 0 Å². The third-order valence-corrected chi connectivity index (χ3v) is 3.36. The molecule has 0 aliphatic heterocycles. The highest BCUT2D eigenvalue weighted by Crippen LogP contribution is 2.01. The van der Waals surface area contributed by atoms with Gasteiger partial charge in [-0.2, -0.15) is 0 Å². The van der Waals surface area contributed by atoms with E-state index in [0.29, 0.717) is 13.0 Å². The lowest BCUT2D eigenvalue weighted by Crippen LogP contribution is -2.24.